The van der Waals surface area contributed by atoms with E-state index in [2.05, 4.69) is 61.6 Å². The van der Waals surface area contributed by atoms with Gasteiger partial charge in [0.15, 0.2) is 0 Å². The predicted octanol–water partition coefficient (Wildman–Crippen LogP) is 4.39. The second kappa shape index (κ2) is 6.31. The molecule has 0 radical (unpaired) electrons. The summed E-state index contributed by atoms with van der Waals surface area (Å²) in [5.41, 5.74) is 3.78. The van der Waals surface area contributed by atoms with E-state index >= 15 is 0 Å². The van der Waals surface area contributed by atoms with E-state index < -0.39 is 0 Å². The standard InChI is InChI=1S/C19H23NO/c1-14(2)21-19-10-6-5-9-18(19)17-8-4-3-7-15(17)13-20-16-11-12-16/h3-10,14,16,20H,11-13H2,1-2H3. The van der Waals surface area contributed by atoms with Crippen LogP contribution in [0.1, 0.15) is 32.3 Å². The van der Waals surface area contributed by atoms with Crippen LogP contribution in [0.2, 0.25) is 0 Å². The first-order valence-electron chi connectivity index (χ1n) is 7.81. The van der Waals surface area contributed by atoms with Crippen LogP contribution >= 0.6 is 0 Å². The highest BCUT2D eigenvalue weighted by atomic mass is 16.5. The molecular formula is C19H23NO. The minimum Gasteiger partial charge on any atom is -0.490 e. The lowest BCUT2D eigenvalue weighted by atomic mass is 9.98. The predicted molar refractivity (Wildman–Crippen MR) is 87.5 cm³/mol. The Kier molecular flexibility index (Phi) is 4.26. The largest absolute Gasteiger partial charge is 0.490 e. The number of para-hydroxylation sites is 1. The van der Waals surface area contributed by atoms with Gasteiger partial charge < -0.3 is 10.1 Å². The molecule has 1 N–H and O–H groups in total. The van der Waals surface area contributed by atoms with Crippen LogP contribution in [0.4, 0.5) is 0 Å². The van der Waals surface area contributed by atoms with Gasteiger partial charge in [-0.3, -0.25) is 0 Å². The number of hydrogen-bond acceptors (Lipinski definition) is 2. The van der Waals surface area contributed by atoms with Gasteiger partial charge in [0, 0.05) is 18.2 Å². The van der Waals surface area contributed by atoms with Gasteiger partial charge in [-0.2, -0.15) is 0 Å². The lowest BCUT2D eigenvalue weighted by molar-refractivity contribution is 0.243. The molecule has 0 spiro atoms. The van der Waals surface area contributed by atoms with Gasteiger partial charge in [0.1, 0.15) is 5.75 Å². The van der Waals surface area contributed by atoms with Gasteiger partial charge in [0.05, 0.1) is 6.10 Å². The quantitative estimate of drug-likeness (QED) is 0.847. The minimum absolute atomic E-state index is 0.183. The smallest absolute Gasteiger partial charge is 0.127 e. The Morgan fingerprint density at radius 2 is 1.67 bits per heavy atom. The van der Waals surface area contributed by atoms with Crippen molar-refractivity contribution in [3.8, 4) is 16.9 Å². The van der Waals surface area contributed by atoms with Gasteiger partial charge in [-0.15, -0.1) is 0 Å². The van der Waals surface area contributed by atoms with E-state index in [1.54, 1.807) is 0 Å². The third kappa shape index (κ3) is 3.64. The normalized spacial score (nSPS) is 14.4. The van der Waals surface area contributed by atoms with Crippen molar-refractivity contribution in [1.82, 2.24) is 5.32 Å². The third-order valence-electron chi connectivity index (χ3n) is 3.72. The van der Waals surface area contributed by atoms with Gasteiger partial charge in [-0.25, -0.2) is 0 Å². The average molecular weight is 281 g/mol. The lowest BCUT2D eigenvalue weighted by Crippen LogP contribution is -2.16. The molecule has 1 fully saturated rings. The topological polar surface area (TPSA) is 21.3 Å². The first kappa shape index (κ1) is 14.2. The third-order valence-corrected chi connectivity index (χ3v) is 3.72. The molecule has 0 saturated heterocycles. The van der Waals surface area contributed by atoms with Gasteiger partial charge in [-0.05, 0) is 43.9 Å². The molecule has 0 amide bonds. The van der Waals surface area contributed by atoms with Crippen molar-refractivity contribution in [2.24, 2.45) is 0 Å². The van der Waals surface area contributed by atoms with E-state index in [0.717, 1.165) is 18.3 Å². The first-order valence-corrected chi connectivity index (χ1v) is 7.81. The molecule has 3 rings (SSSR count). The Labute approximate surface area is 127 Å². The minimum atomic E-state index is 0.183. The second-order valence-corrected chi connectivity index (χ2v) is 5.98. The highest BCUT2D eigenvalue weighted by Gasteiger charge is 2.20. The zero-order chi connectivity index (χ0) is 14.7. The molecule has 2 aromatic rings. The summed E-state index contributed by atoms with van der Waals surface area (Å²) in [6.07, 6.45) is 2.81. The van der Waals surface area contributed by atoms with Crippen LogP contribution in [0, 0.1) is 0 Å². The van der Waals surface area contributed by atoms with E-state index in [1.165, 1.54) is 29.5 Å². The Morgan fingerprint density at radius 3 is 2.38 bits per heavy atom. The fourth-order valence-corrected chi connectivity index (χ4v) is 2.52. The summed E-state index contributed by atoms with van der Waals surface area (Å²) in [5.74, 6) is 0.964. The maximum absolute atomic E-state index is 5.97. The fourth-order valence-electron chi connectivity index (χ4n) is 2.52. The highest BCUT2D eigenvalue weighted by Crippen LogP contribution is 2.33. The molecule has 0 heterocycles. The Balaban J connectivity index is 1.91. The highest BCUT2D eigenvalue weighted by molar-refractivity contribution is 5.73. The van der Waals surface area contributed by atoms with E-state index in [-0.39, 0.29) is 6.10 Å². The molecule has 0 atom stereocenters. The molecule has 1 aliphatic carbocycles. The van der Waals surface area contributed by atoms with Crippen molar-refractivity contribution in [2.75, 3.05) is 0 Å². The summed E-state index contributed by atoms with van der Waals surface area (Å²) in [6, 6.07) is 17.6. The van der Waals surface area contributed by atoms with E-state index in [4.69, 9.17) is 4.74 Å². The van der Waals surface area contributed by atoms with Crippen LogP contribution in [-0.4, -0.2) is 12.1 Å². The first-order chi connectivity index (χ1) is 10.2. The molecule has 0 bridgehead atoms. The number of nitrogens with one attached hydrogen (secondary N) is 1. The van der Waals surface area contributed by atoms with Gasteiger partial charge in [0.25, 0.3) is 0 Å². The van der Waals surface area contributed by atoms with E-state index in [9.17, 15) is 0 Å². The molecule has 0 aromatic heterocycles. The maximum Gasteiger partial charge on any atom is 0.127 e. The van der Waals surface area contributed by atoms with Crippen LogP contribution in [0.15, 0.2) is 48.5 Å². The zero-order valence-corrected chi connectivity index (χ0v) is 12.8. The SMILES string of the molecule is CC(C)Oc1ccccc1-c1ccccc1CNC1CC1. The Hall–Kier alpha value is -1.80. The summed E-state index contributed by atoms with van der Waals surface area (Å²) in [5, 5.41) is 3.60. The molecular weight excluding hydrogens is 258 g/mol. The second-order valence-electron chi connectivity index (χ2n) is 5.98. The maximum atomic E-state index is 5.97. The van der Waals surface area contributed by atoms with Gasteiger partial charge in [0.2, 0.25) is 0 Å². The summed E-state index contributed by atoms with van der Waals surface area (Å²) >= 11 is 0. The molecule has 2 aromatic carbocycles. The van der Waals surface area contributed by atoms with Crippen LogP contribution in [0.5, 0.6) is 5.75 Å². The van der Waals surface area contributed by atoms with Crippen molar-refractivity contribution >= 4 is 0 Å². The van der Waals surface area contributed by atoms with E-state index in [1.807, 2.05) is 6.07 Å². The number of hydrogen-bond donors (Lipinski definition) is 1. The monoisotopic (exact) mass is 281 g/mol. The average Bonchev–Trinajstić information content (AvgIpc) is 3.30. The molecule has 2 nitrogen and oxygen atoms in total. The van der Waals surface area contributed by atoms with Crippen molar-refractivity contribution < 1.29 is 4.74 Å². The Morgan fingerprint density at radius 1 is 1.00 bits per heavy atom. The van der Waals surface area contributed by atoms with Crippen molar-refractivity contribution in [2.45, 2.75) is 45.4 Å². The van der Waals surface area contributed by atoms with Gasteiger partial charge in [-0.1, -0.05) is 42.5 Å². The lowest BCUT2D eigenvalue weighted by Gasteiger charge is -2.17. The summed E-state index contributed by atoms with van der Waals surface area (Å²) < 4.78 is 5.97. The molecule has 0 aliphatic heterocycles. The Bertz CT molecular complexity index is 602. The summed E-state index contributed by atoms with van der Waals surface area (Å²) in [7, 11) is 0. The summed E-state index contributed by atoms with van der Waals surface area (Å²) in [6.45, 7) is 5.06. The van der Waals surface area contributed by atoms with Crippen molar-refractivity contribution in [1.29, 1.82) is 0 Å². The molecule has 1 saturated carbocycles. The molecule has 0 unspecified atom stereocenters. The van der Waals surface area contributed by atoms with Gasteiger partial charge >= 0.3 is 0 Å². The van der Waals surface area contributed by atoms with Crippen LogP contribution in [-0.2, 0) is 6.54 Å². The van der Waals surface area contributed by atoms with Crippen molar-refractivity contribution in [3.63, 3.8) is 0 Å². The zero-order valence-electron chi connectivity index (χ0n) is 12.8. The summed E-state index contributed by atoms with van der Waals surface area (Å²) in [4.78, 5) is 0. The van der Waals surface area contributed by atoms with Crippen LogP contribution < -0.4 is 10.1 Å². The number of rotatable bonds is 6. The van der Waals surface area contributed by atoms with Crippen molar-refractivity contribution in [3.05, 3.63) is 54.1 Å². The molecule has 21 heavy (non-hydrogen) atoms. The van der Waals surface area contributed by atoms with Crippen LogP contribution in [0.3, 0.4) is 0 Å². The number of benzene rings is 2. The molecule has 2 heteroatoms. The molecule has 1 aliphatic rings. The number of ether oxygens (including phenoxy) is 1. The van der Waals surface area contributed by atoms with Crippen LogP contribution in [0.25, 0.3) is 11.1 Å². The fraction of sp³-hybridized carbons (Fsp3) is 0.368. The molecule has 110 valence electrons. The van der Waals surface area contributed by atoms with E-state index in [0.29, 0.717) is 0 Å².